The molecule has 1 heterocycles. The average Bonchev–Trinajstić information content (AvgIpc) is 2.78. The number of nitrogens with zero attached hydrogens (tertiary/aromatic N) is 2. The number of carboxylic acid groups (broad SMARTS) is 1. The molecule has 1 aromatic heterocycles. The molecule has 2 rings (SSSR count). The van der Waals surface area contributed by atoms with Crippen LogP contribution in [0, 0.1) is 0 Å². The van der Waals surface area contributed by atoms with Gasteiger partial charge >= 0.3 is 5.97 Å². The Labute approximate surface area is 117 Å². The lowest BCUT2D eigenvalue weighted by Crippen LogP contribution is -2.21. The molecular formula is C15H18N2O3. The third-order valence-corrected chi connectivity index (χ3v) is 3.31. The third kappa shape index (κ3) is 2.82. The summed E-state index contributed by atoms with van der Waals surface area (Å²) in [5.41, 5.74) is 1.20. The van der Waals surface area contributed by atoms with Crippen molar-refractivity contribution in [3.05, 3.63) is 36.0 Å². The summed E-state index contributed by atoms with van der Waals surface area (Å²) in [6, 6.07) is 7.42. The van der Waals surface area contributed by atoms with Crippen molar-refractivity contribution in [3.63, 3.8) is 0 Å². The summed E-state index contributed by atoms with van der Waals surface area (Å²) in [4.78, 5) is 24.3. The topological polar surface area (TPSA) is 62.5 Å². The van der Waals surface area contributed by atoms with E-state index in [2.05, 4.69) is 0 Å². The first kappa shape index (κ1) is 14.1. The molecule has 5 nitrogen and oxygen atoms in total. The van der Waals surface area contributed by atoms with E-state index in [9.17, 15) is 14.7 Å². The molecule has 0 radical (unpaired) electrons. The van der Waals surface area contributed by atoms with Crippen LogP contribution in [-0.4, -0.2) is 40.5 Å². The predicted octanol–water partition coefficient (Wildman–Crippen LogP) is 2.21. The normalized spacial score (nSPS) is 10.7. The number of carbonyl (C=O) groups is 2. The molecular weight excluding hydrogens is 256 g/mol. The van der Waals surface area contributed by atoms with Crippen molar-refractivity contribution in [2.75, 3.05) is 14.1 Å². The van der Waals surface area contributed by atoms with E-state index in [0.29, 0.717) is 24.9 Å². The Morgan fingerprint density at radius 1 is 1.25 bits per heavy atom. The zero-order valence-corrected chi connectivity index (χ0v) is 11.7. The molecule has 5 heteroatoms. The molecule has 0 spiro atoms. The predicted molar refractivity (Wildman–Crippen MR) is 76.8 cm³/mol. The van der Waals surface area contributed by atoms with E-state index in [0.717, 1.165) is 10.9 Å². The maximum atomic E-state index is 11.5. The lowest BCUT2D eigenvalue weighted by molar-refractivity contribution is -0.128. The lowest BCUT2D eigenvalue weighted by Gasteiger charge is -2.10. The first-order chi connectivity index (χ1) is 9.50. The van der Waals surface area contributed by atoms with Crippen molar-refractivity contribution in [1.82, 2.24) is 9.47 Å². The van der Waals surface area contributed by atoms with Gasteiger partial charge in [0, 0.05) is 44.2 Å². The molecule has 0 aliphatic carbocycles. The van der Waals surface area contributed by atoms with Crippen LogP contribution in [0.3, 0.4) is 0 Å². The van der Waals surface area contributed by atoms with E-state index < -0.39 is 5.97 Å². The number of benzene rings is 1. The van der Waals surface area contributed by atoms with Gasteiger partial charge in [0.05, 0.1) is 5.56 Å². The molecule has 0 saturated carbocycles. The van der Waals surface area contributed by atoms with E-state index >= 15 is 0 Å². The number of carboxylic acids is 1. The highest BCUT2D eigenvalue weighted by molar-refractivity contribution is 6.03. The number of rotatable bonds is 5. The number of aromatic carboxylic acids is 1. The molecule has 0 atom stereocenters. The van der Waals surface area contributed by atoms with Gasteiger partial charge in [0.25, 0.3) is 0 Å². The van der Waals surface area contributed by atoms with Crippen LogP contribution in [0.4, 0.5) is 0 Å². The number of fused-ring (bicyclic) bond motifs is 1. The van der Waals surface area contributed by atoms with Crippen LogP contribution < -0.4 is 0 Å². The summed E-state index contributed by atoms with van der Waals surface area (Å²) in [6.07, 6.45) is 2.80. The van der Waals surface area contributed by atoms with Gasteiger partial charge in [-0.15, -0.1) is 0 Å². The molecule has 1 N–H and O–H groups in total. The highest BCUT2D eigenvalue weighted by Crippen LogP contribution is 2.21. The molecule has 0 aliphatic rings. The Bertz CT molecular complexity index is 644. The SMILES string of the molecule is CN(C)C(=O)CCCn1cc(C(=O)O)c2ccccc21. The van der Waals surface area contributed by atoms with Crippen molar-refractivity contribution >= 4 is 22.8 Å². The minimum Gasteiger partial charge on any atom is -0.478 e. The van der Waals surface area contributed by atoms with Crippen molar-refractivity contribution in [1.29, 1.82) is 0 Å². The fourth-order valence-corrected chi connectivity index (χ4v) is 2.23. The fourth-order valence-electron chi connectivity index (χ4n) is 2.23. The van der Waals surface area contributed by atoms with Crippen molar-refractivity contribution in [2.45, 2.75) is 19.4 Å². The van der Waals surface area contributed by atoms with Crippen molar-refractivity contribution in [3.8, 4) is 0 Å². The fraction of sp³-hybridized carbons (Fsp3) is 0.333. The number of para-hydroxylation sites is 1. The minimum absolute atomic E-state index is 0.0833. The largest absolute Gasteiger partial charge is 0.478 e. The van der Waals surface area contributed by atoms with Crippen molar-refractivity contribution < 1.29 is 14.7 Å². The van der Waals surface area contributed by atoms with Crippen LogP contribution in [0.15, 0.2) is 30.5 Å². The molecule has 2 aromatic rings. The summed E-state index contributed by atoms with van der Waals surface area (Å²) in [5, 5.41) is 9.94. The molecule has 0 aliphatic heterocycles. The first-order valence-corrected chi connectivity index (χ1v) is 6.52. The van der Waals surface area contributed by atoms with Gasteiger partial charge in [-0.3, -0.25) is 4.79 Å². The quantitative estimate of drug-likeness (QED) is 0.909. The van der Waals surface area contributed by atoms with Crippen LogP contribution in [0.5, 0.6) is 0 Å². The van der Waals surface area contributed by atoms with Gasteiger partial charge in [0.1, 0.15) is 0 Å². The molecule has 0 bridgehead atoms. The zero-order valence-electron chi connectivity index (χ0n) is 11.7. The van der Waals surface area contributed by atoms with Gasteiger partial charge in [-0.1, -0.05) is 18.2 Å². The molecule has 1 aromatic carbocycles. The standard InChI is InChI=1S/C15H18N2O3/c1-16(2)14(18)8-5-9-17-10-12(15(19)20)11-6-3-4-7-13(11)17/h3-4,6-7,10H,5,8-9H2,1-2H3,(H,19,20). The molecule has 1 amide bonds. The Kier molecular flexibility index (Phi) is 4.08. The van der Waals surface area contributed by atoms with Gasteiger partial charge in [-0.25, -0.2) is 4.79 Å². The van der Waals surface area contributed by atoms with E-state index in [4.69, 9.17) is 0 Å². The number of hydrogen-bond acceptors (Lipinski definition) is 2. The Morgan fingerprint density at radius 2 is 1.95 bits per heavy atom. The first-order valence-electron chi connectivity index (χ1n) is 6.52. The van der Waals surface area contributed by atoms with E-state index in [1.54, 1.807) is 31.3 Å². The van der Waals surface area contributed by atoms with Crippen LogP contribution in [0.25, 0.3) is 10.9 Å². The molecule has 0 unspecified atom stereocenters. The number of aromatic nitrogens is 1. The second-order valence-electron chi connectivity index (χ2n) is 4.95. The number of amides is 1. The number of carbonyl (C=O) groups excluding carboxylic acids is 1. The van der Waals surface area contributed by atoms with Crippen LogP contribution >= 0.6 is 0 Å². The highest BCUT2D eigenvalue weighted by atomic mass is 16.4. The molecule has 0 fully saturated rings. The Morgan fingerprint density at radius 3 is 2.60 bits per heavy atom. The van der Waals surface area contributed by atoms with Gasteiger partial charge < -0.3 is 14.6 Å². The van der Waals surface area contributed by atoms with Gasteiger partial charge in [0.15, 0.2) is 0 Å². The summed E-state index contributed by atoms with van der Waals surface area (Å²) in [5.74, 6) is -0.843. The second kappa shape index (κ2) is 5.77. The summed E-state index contributed by atoms with van der Waals surface area (Å²) in [7, 11) is 3.46. The summed E-state index contributed by atoms with van der Waals surface area (Å²) >= 11 is 0. The summed E-state index contributed by atoms with van der Waals surface area (Å²) < 4.78 is 1.90. The zero-order chi connectivity index (χ0) is 14.7. The molecule has 106 valence electrons. The van der Waals surface area contributed by atoms with E-state index in [1.807, 2.05) is 22.8 Å². The number of aryl methyl sites for hydroxylation is 1. The minimum atomic E-state index is -0.927. The van der Waals surface area contributed by atoms with Gasteiger partial charge in [0.2, 0.25) is 5.91 Å². The highest BCUT2D eigenvalue weighted by Gasteiger charge is 2.13. The molecule has 20 heavy (non-hydrogen) atoms. The Balaban J connectivity index is 2.18. The van der Waals surface area contributed by atoms with Crippen LogP contribution in [0.1, 0.15) is 23.2 Å². The van der Waals surface area contributed by atoms with E-state index in [-0.39, 0.29) is 5.91 Å². The van der Waals surface area contributed by atoms with Crippen molar-refractivity contribution in [2.24, 2.45) is 0 Å². The van der Waals surface area contributed by atoms with Gasteiger partial charge in [-0.05, 0) is 12.5 Å². The summed E-state index contributed by atoms with van der Waals surface area (Å²) in [6.45, 7) is 0.632. The maximum absolute atomic E-state index is 11.5. The number of hydrogen-bond donors (Lipinski definition) is 1. The molecule has 0 saturated heterocycles. The van der Waals surface area contributed by atoms with Gasteiger partial charge in [-0.2, -0.15) is 0 Å². The monoisotopic (exact) mass is 274 g/mol. The lowest BCUT2D eigenvalue weighted by atomic mass is 10.2. The second-order valence-corrected chi connectivity index (χ2v) is 4.95. The third-order valence-electron chi connectivity index (χ3n) is 3.31. The van der Waals surface area contributed by atoms with E-state index in [1.165, 1.54) is 0 Å². The van der Waals surface area contributed by atoms with Crippen LogP contribution in [0.2, 0.25) is 0 Å². The average molecular weight is 274 g/mol. The van der Waals surface area contributed by atoms with Crippen LogP contribution in [-0.2, 0) is 11.3 Å². The maximum Gasteiger partial charge on any atom is 0.337 e. The Hall–Kier alpha value is -2.30. The smallest absolute Gasteiger partial charge is 0.337 e.